The second-order valence-electron chi connectivity index (χ2n) is 5.65. The third-order valence-corrected chi connectivity index (χ3v) is 3.82. The topological polar surface area (TPSA) is 79.2 Å². The highest BCUT2D eigenvalue weighted by Crippen LogP contribution is 2.08. The lowest BCUT2D eigenvalue weighted by Crippen LogP contribution is -2.49. The number of para-hydroxylation sites is 1. The molecule has 0 saturated carbocycles. The van der Waals surface area contributed by atoms with Crippen LogP contribution in [0, 0.1) is 0 Å². The van der Waals surface area contributed by atoms with Crippen LogP contribution in [0.1, 0.15) is 5.82 Å². The molecule has 1 aromatic heterocycles. The molecule has 2 heterocycles. The smallest absolute Gasteiger partial charge is 0.236 e. The van der Waals surface area contributed by atoms with Crippen LogP contribution in [0.4, 0.5) is 0 Å². The maximum absolute atomic E-state index is 12.3. The van der Waals surface area contributed by atoms with E-state index in [4.69, 9.17) is 0 Å². The number of nitrogens with one attached hydrogen (secondary N) is 1. The van der Waals surface area contributed by atoms with E-state index in [0.717, 1.165) is 31.9 Å². The lowest BCUT2D eigenvalue weighted by molar-refractivity contribution is -0.132. The van der Waals surface area contributed by atoms with Crippen LogP contribution in [0.25, 0.3) is 5.69 Å². The van der Waals surface area contributed by atoms with E-state index in [9.17, 15) is 4.79 Å². The van der Waals surface area contributed by atoms with Crippen LogP contribution in [0.15, 0.2) is 30.3 Å². The maximum atomic E-state index is 12.3. The lowest BCUT2D eigenvalue weighted by Gasteiger charge is -2.29. The van der Waals surface area contributed by atoms with Gasteiger partial charge in [-0.15, -0.1) is 5.10 Å². The van der Waals surface area contributed by atoms with E-state index in [-0.39, 0.29) is 5.91 Å². The maximum Gasteiger partial charge on any atom is 0.236 e. The molecule has 0 bridgehead atoms. The van der Waals surface area contributed by atoms with Gasteiger partial charge >= 0.3 is 0 Å². The van der Waals surface area contributed by atoms with Crippen LogP contribution in [-0.2, 0) is 11.3 Å². The Hall–Kier alpha value is -2.32. The molecule has 0 unspecified atom stereocenters. The van der Waals surface area contributed by atoms with E-state index in [0.29, 0.717) is 18.9 Å². The zero-order valence-electron chi connectivity index (χ0n) is 13.2. The molecule has 1 aliphatic rings. The molecule has 1 fully saturated rings. The summed E-state index contributed by atoms with van der Waals surface area (Å²) in [6.45, 7) is 4.15. The number of rotatable bonds is 5. The number of aromatic nitrogens is 4. The summed E-state index contributed by atoms with van der Waals surface area (Å²) in [5.74, 6) is 0.861. The Kier molecular flexibility index (Phi) is 4.94. The molecule has 3 rings (SSSR count). The van der Waals surface area contributed by atoms with Crippen molar-refractivity contribution in [2.45, 2.75) is 6.54 Å². The van der Waals surface area contributed by atoms with Crippen molar-refractivity contribution in [3.63, 3.8) is 0 Å². The molecular formula is C15H21N7O. The molecule has 0 aliphatic carbocycles. The van der Waals surface area contributed by atoms with Crippen LogP contribution in [-0.4, -0.2) is 75.7 Å². The molecule has 0 spiro atoms. The first-order valence-corrected chi connectivity index (χ1v) is 7.74. The van der Waals surface area contributed by atoms with Gasteiger partial charge < -0.3 is 10.2 Å². The first-order chi connectivity index (χ1) is 11.2. The summed E-state index contributed by atoms with van der Waals surface area (Å²) in [5.41, 5.74) is 0.911. The first-order valence-electron chi connectivity index (χ1n) is 7.74. The van der Waals surface area contributed by atoms with Crippen molar-refractivity contribution < 1.29 is 4.79 Å². The molecule has 2 aromatic rings. The van der Waals surface area contributed by atoms with E-state index in [1.54, 1.807) is 4.68 Å². The van der Waals surface area contributed by atoms with Gasteiger partial charge in [0.2, 0.25) is 5.91 Å². The average Bonchev–Trinajstić information content (AvgIpc) is 3.04. The van der Waals surface area contributed by atoms with Crippen LogP contribution in [0.5, 0.6) is 0 Å². The highest BCUT2D eigenvalue weighted by Gasteiger charge is 2.19. The molecule has 8 nitrogen and oxygen atoms in total. The largest absolute Gasteiger partial charge is 0.339 e. The molecule has 0 atom stereocenters. The Bertz CT molecular complexity index is 636. The molecule has 1 N–H and O–H groups in total. The van der Waals surface area contributed by atoms with Gasteiger partial charge in [-0.25, -0.2) is 0 Å². The Morgan fingerprint density at radius 2 is 2.00 bits per heavy atom. The van der Waals surface area contributed by atoms with Gasteiger partial charge in [-0.2, -0.15) is 4.68 Å². The number of carbonyl (C=O) groups is 1. The minimum atomic E-state index is 0.146. The molecular weight excluding hydrogens is 294 g/mol. The van der Waals surface area contributed by atoms with Gasteiger partial charge in [0.15, 0.2) is 5.82 Å². The second kappa shape index (κ2) is 7.30. The quantitative estimate of drug-likeness (QED) is 0.803. The summed E-state index contributed by atoms with van der Waals surface area (Å²) in [6.07, 6.45) is 0. The van der Waals surface area contributed by atoms with E-state index in [2.05, 4.69) is 20.8 Å². The number of tetrazole rings is 1. The number of benzene rings is 1. The average molecular weight is 315 g/mol. The molecule has 0 radical (unpaired) electrons. The zero-order chi connectivity index (χ0) is 16.1. The van der Waals surface area contributed by atoms with Gasteiger partial charge in [-0.05, 0) is 29.6 Å². The fourth-order valence-corrected chi connectivity index (χ4v) is 2.62. The van der Waals surface area contributed by atoms with Gasteiger partial charge in [0.05, 0.1) is 18.8 Å². The van der Waals surface area contributed by atoms with Gasteiger partial charge in [0.1, 0.15) is 0 Å². The van der Waals surface area contributed by atoms with Gasteiger partial charge in [-0.1, -0.05) is 18.2 Å². The summed E-state index contributed by atoms with van der Waals surface area (Å²) in [5, 5.41) is 15.1. The minimum Gasteiger partial charge on any atom is -0.339 e. The molecule has 1 aliphatic heterocycles. The van der Waals surface area contributed by atoms with E-state index >= 15 is 0 Å². The standard InChI is InChI=1S/C15H21N7O/c1-20(12-15(23)21-9-7-16-8-10-21)11-14-17-18-19-22(14)13-5-3-2-4-6-13/h2-6,16H,7-12H2,1H3. The van der Waals surface area contributed by atoms with Crippen molar-refractivity contribution in [3.8, 4) is 5.69 Å². The Morgan fingerprint density at radius 1 is 1.26 bits per heavy atom. The molecule has 23 heavy (non-hydrogen) atoms. The Morgan fingerprint density at radius 3 is 2.74 bits per heavy atom. The van der Waals surface area contributed by atoms with Crippen LogP contribution in [0.2, 0.25) is 0 Å². The predicted molar refractivity (Wildman–Crippen MR) is 84.9 cm³/mol. The molecule has 1 amide bonds. The lowest BCUT2D eigenvalue weighted by atomic mass is 10.3. The van der Waals surface area contributed by atoms with Crippen LogP contribution >= 0.6 is 0 Å². The zero-order valence-corrected chi connectivity index (χ0v) is 13.2. The summed E-state index contributed by atoms with van der Waals surface area (Å²) < 4.78 is 1.70. The van der Waals surface area contributed by atoms with Crippen LogP contribution in [0.3, 0.4) is 0 Å². The molecule has 122 valence electrons. The summed E-state index contributed by atoms with van der Waals surface area (Å²) in [6, 6.07) is 9.74. The Balaban J connectivity index is 1.61. The minimum absolute atomic E-state index is 0.146. The predicted octanol–water partition coefficient (Wildman–Crippen LogP) is -0.474. The van der Waals surface area contributed by atoms with E-state index < -0.39 is 0 Å². The van der Waals surface area contributed by atoms with Gasteiger partial charge in [0, 0.05) is 26.2 Å². The van der Waals surface area contributed by atoms with Crippen LogP contribution < -0.4 is 5.32 Å². The fourth-order valence-electron chi connectivity index (χ4n) is 2.62. The first kappa shape index (κ1) is 15.6. The number of piperazine rings is 1. The molecule has 1 saturated heterocycles. The number of nitrogens with zero attached hydrogens (tertiary/aromatic N) is 6. The van der Waals surface area contributed by atoms with Gasteiger partial charge in [-0.3, -0.25) is 9.69 Å². The van der Waals surface area contributed by atoms with E-state index in [1.807, 2.05) is 47.2 Å². The summed E-state index contributed by atoms with van der Waals surface area (Å²) in [4.78, 5) is 16.1. The summed E-state index contributed by atoms with van der Waals surface area (Å²) in [7, 11) is 1.91. The number of likely N-dealkylation sites (N-methyl/N-ethyl adjacent to an activating group) is 1. The van der Waals surface area contributed by atoms with Gasteiger partial charge in [0.25, 0.3) is 0 Å². The third-order valence-electron chi connectivity index (χ3n) is 3.82. The van der Waals surface area contributed by atoms with Crippen molar-refractivity contribution in [2.75, 3.05) is 39.8 Å². The number of amides is 1. The Labute approximate surface area is 135 Å². The third kappa shape index (κ3) is 3.91. The second-order valence-corrected chi connectivity index (χ2v) is 5.65. The van der Waals surface area contributed by atoms with Crippen molar-refractivity contribution >= 4 is 5.91 Å². The van der Waals surface area contributed by atoms with Crippen molar-refractivity contribution in [1.29, 1.82) is 0 Å². The van der Waals surface area contributed by atoms with Crippen molar-refractivity contribution in [2.24, 2.45) is 0 Å². The molecule has 8 heteroatoms. The van der Waals surface area contributed by atoms with Crippen molar-refractivity contribution in [1.82, 2.24) is 35.3 Å². The highest BCUT2D eigenvalue weighted by molar-refractivity contribution is 5.78. The van der Waals surface area contributed by atoms with Crippen molar-refractivity contribution in [3.05, 3.63) is 36.2 Å². The highest BCUT2D eigenvalue weighted by atomic mass is 16.2. The SMILES string of the molecule is CN(CC(=O)N1CCNCC1)Cc1nnnn1-c1ccccc1. The van der Waals surface area contributed by atoms with E-state index in [1.165, 1.54) is 0 Å². The normalized spacial score (nSPS) is 15.1. The molecule has 1 aromatic carbocycles. The monoisotopic (exact) mass is 315 g/mol. The number of hydrogen-bond acceptors (Lipinski definition) is 6. The number of hydrogen-bond donors (Lipinski definition) is 1. The number of carbonyl (C=O) groups excluding carboxylic acids is 1. The summed E-state index contributed by atoms with van der Waals surface area (Å²) >= 11 is 0. The fraction of sp³-hybridized carbons (Fsp3) is 0.467.